The van der Waals surface area contributed by atoms with E-state index in [4.69, 9.17) is 0 Å². The summed E-state index contributed by atoms with van der Waals surface area (Å²) >= 11 is 0. The van der Waals surface area contributed by atoms with E-state index in [2.05, 4.69) is 64.1 Å². The van der Waals surface area contributed by atoms with E-state index in [9.17, 15) is 0 Å². The Labute approximate surface area is 101 Å². The lowest BCUT2D eigenvalue weighted by Crippen LogP contribution is -2.39. The molecule has 3 nitrogen and oxygen atoms in total. The number of rotatable bonds is 2. The number of benzene rings is 2. The second-order valence-corrected chi connectivity index (χ2v) is 4.07. The van der Waals surface area contributed by atoms with Gasteiger partial charge in [-0.15, -0.1) is 5.53 Å². The summed E-state index contributed by atoms with van der Waals surface area (Å²) in [5.74, 6) is 0. The van der Waals surface area contributed by atoms with Crippen LogP contribution in [0.3, 0.4) is 0 Å². The first-order valence-corrected chi connectivity index (χ1v) is 5.85. The fourth-order valence-electron chi connectivity index (χ4n) is 2.04. The lowest BCUT2D eigenvalue weighted by molar-refractivity contribution is 0.735. The van der Waals surface area contributed by atoms with Gasteiger partial charge in [0.05, 0.1) is 24.5 Å². The predicted molar refractivity (Wildman–Crippen MR) is 70.7 cm³/mol. The van der Waals surface area contributed by atoms with Gasteiger partial charge in [-0.3, -0.25) is 10.0 Å². The number of anilines is 2. The van der Waals surface area contributed by atoms with Crippen LogP contribution in [0.1, 0.15) is 0 Å². The van der Waals surface area contributed by atoms with E-state index >= 15 is 0 Å². The highest BCUT2D eigenvalue weighted by Crippen LogP contribution is 2.18. The van der Waals surface area contributed by atoms with Crippen LogP contribution in [0.2, 0.25) is 0 Å². The molecule has 1 heterocycles. The second kappa shape index (κ2) is 4.47. The molecule has 1 aliphatic rings. The first-order chi connectivity index (χ1) is 8.43. The third-order valence-corrected chi connectivity index (χ3v) is 2.92. The summed E-state index contributed by atoms with van der Waals surface area (Å²) in [6.45, 7) is 1.97. The second-order valence-electron chi connectivity index (χ2n) is 4.07. The van der Waals surface area contributed by atoms with E-state index in [1.165, 1.54) is 11.4 Å². The van der Waals surface area contributed by atoms with Gasteiger partial charge in [0.1, 0.15) is 0 Å². The van der Waals surface area contributed by atoms with Crippen LogP contribution in [0.15, 0.2) is 60.7 Å². The number of nitrogens with zero attached hydrogens (tertiary/aromatic N) is 2. The first kappa shape index (κ1) is 10.2. The molecule has 1 N–H and O–H groups in total. The van der Waals surface area contributed by atoms with Gasteiger partial charge in [-0.25, -0.2) is 0 Å². The average Bonchev–Trinajstić information content (AvgIpc) is 2.90. The Morgan fingerprint density at radius 1 is 0.647 bits per heavy atom. The molecule has 0 amide bonds. The van der Waals surface area contributed by atoms with Gasteiger partial charge in [-0.2, -0.15) is 0 Å². The number of hydrogen-bond donors (Lipinski definition) is 1. The third kappa shape index (κ3) is 2.10. The molecule has 0 atom stereocenters. The zero-order chi connectivity index (χ0) is 11.5. The van der Waals surface area contributed by atoms with Crippen molar-refractivity contribution in [2.75, 3.05) is 23.1 Å². The zero-order valence-electron chi connectivity index (χ0n) is 9.58. The van der Waals surface area contributed by atoms with Gasteiger partial charge in [0, 0.05) is 0 Å². The lowest BCUT2D eigenvalue weighted by Gasteiger charge is -2.22. The van der Waals surface area contributed by atoms with Gasteiger partial charge in [-0.1, -0.05) is 36.4 Å². The maximum atomic E-state index is 3.39. The predicted octanol–water partition coefficient (Wildman–Crippen LogP) is 2.43. The van der Waals surface area contributed by atoms with Crippen molar-refractivity contribution < 1.29 is 0 Å². The van der Waals surface area contributed by atoms with E-state index in [1.54, 1.807) is 0 Å². The van der Waals surface area contributed by atoms with E-state index in [0.717, 1.165) is 13.1 Å². The minimum Gasteiger partial charge on any atom is -0.289 e. The van der Waals surface area contributed by atoms with E-state index < -0.39 is 0 Å². The van der Waals surface area contributed by atoms with Crippen LogP contribution < -0.4 is 15.6 Å². The van der Waals surface area contributed by atoms with Crippen LogP contribution in [0.25, 0.3) is 0 Å². The zero-order valence-corrected chi connectivity index (χ0v) is 9.58. The van der Waals surface area contributed by atoms with E-state index in [1.807, 2.05) is 12.1 Å². The van der Waals surface area contributed by atoms with E-state index in [-0.39, 0.29) is 0 Å². The molecule has 0 unspecified atom stereocenters. The van der Waals surface area contributed by atoms with Crippen molar-refractivity contribution in [3.63, 3.8) is 0 Å². The SMILES string of the molecule is c1ccc(N2CCN(c3ccccc3)N2)cc1. The molecule has 17 heavy (non-hydrogen) atoms. The van der Waals surface area contributed by atoms with Crippen LogP contribution in [-0.4, -0.2) is 13.1 Å². The topological polar surface area (TPSA) is 18.5 Å². The van der Waals surface area contributed by atoms with Gasteiger partial charge in [0.15, 0.2) is 0 Å². The minimum absolute atomic E-state index is 0.985. The number of nitrogens with one attached hydrogen (secondary N) is 1. The number of hydrazine groups is 2. The molecule has 2 aromatic rings. The molecule has 0 bridgehead atoms. The summed E-state index contributed by atoms with van der Waals surface area (Å²) in [5, 5.41) is 4.32. The van der Waals surface area contributed by atoms with Crippen molar-refractivity contribution in [1.29, 1.82) is 0 Å². The Morgan fingerprint density at radius 3 is 1.47 bits per heavy atom. The molecule has 1 fully saturated rings. The van der Waals surface area contributed by atoms with Gasteiger partial charge in [0.25, 0.3) is 0 Å². The Morgan fingerprint density at radius 2 is 1.06 bits per heavy atom. The fourth-order valence-corrected chi connectivity index (χ4v) is 2.04. The maximum absolute atomic E-state index is 3.39. The minimum atomic E-state index is 0.985. The largest absolute Gasteiger partial charge is 0.289 e. The average molecular weight is 225 g/mol. The van der Waals surface area contributed by atoms with Crippen LogP contribution in [0, 0.1) is 0 Å². The number of hydrogen-bond acceptors (Lipinski definition) is 3. The quantitative estimate of drug-likeness (QED) is 0.847. The monoisotopic (exact) mass is 225 g/mol. The lowest BCUT2D eigenvalue weighted by atomic mass is 10.3. The highest BCUT2D eigenvalue weighted by atomic mass is 15.8. The standard InChI is InChI=1S/C14H15N3/c1-3-7-13(8-4-1)16-11-12-17(15-16)14-9-5-2-6-10-14/h1-10,15H,11-12H2. The number of para-hydroxylation sites is 2. The van der Waals surface area contributed by atoms with Crippen LogP contribution in [0.5, 0.6) is 0 Å². The van der Waals surface area contributed by atoms with Crippen LogP contribution in [-0.2, 0) is 0 Å². The molecule has 0 spiro atoms. The molecular formula is C14H15N3. The summed E-state index contributed by atoms with van der Waals surface area (Å²) < 4.78 is 0. The highest BCUT2D eigenvalue weighted by molar-refractivity contribution is 5.51. The summed E-state index contributed by atoms with van der Waals surface area (Å²) in [6.07, 6.45) is 0. The molecule has 86 valence electrons. The van der Waals surface area contributed by atoms with E-state index in [0.29, 0.717) is 0 Å². The summed E-state index contributed by atoms with van der Waals surface area (Å²) in [7, 11) is 0. The highest BCUT2D eigenvalue weighted by Gasteiger charge is 2.19. The molecule has 1 saturated heterocycles. The van der Waals surface area contributed by atoms with Crippen LogP contribution in [0.4, 0.5) is 11.4 Å². The molecule has 0 aromatic heterocycles. The van der Waals surface area contributed by atoms with Gasteiger partial charge in [-0.05, 0) is 24.3 Å². The Bertz CT molecular complexity index is 424. The third-order valence-electron chi connectivity index (χ3n) is 2.92. The van der Waals surface area contributed by atoms with Crippen molar-refractivity contribution in [3.8, 4) is 0 Å². The maximum Gasteiger partial charge on any atom is 0.0554 e. The van der Waals surface area contributed by atoms with Gasteiger partial charge in [0.2, 0.25) is 0 Å². The molecule has 0 aliphatic carbocycles. The van der Waals surface area contributed by atoms with Gasteiger partial charge >= 0.3 is 0 Å². The fraction of sp³-hybridized carbons (Fsp3) is 0.143. The summed E-state index contributed by atoms with van der Waals surface area (Å²) in [5.41, 5.74) is 5.79. The summed E-state index contributed by atoms with van der Waals surface area (Å²) in [6, 6.07) is 20.8. The smallest absolute Gasteiger partial charge is 0.0554 e. The van der Waals surface area contributed by atoms with Crippen molar-refractivity contribution in [3.05, 3.63) is 60.7 Å². The molecule has 0 radical (unpaired) electrons. The molecule has 2 aromatic carbocycles. The molecular weight excluding hydrogens is 210 g/mol. The van der Waals surface area contributed by atoms with Crippen molar-refractivity contribution >= 4 is 11.4 Å². The van der Waals surface area contributed by atoms with Gasteiger partial charge < -0.3 is 0 Å². The molecule has 3 heteroatoms. The Hall–Kier alpha value is -2.00. The molecule has 0 saturated carbocycles. The Kier molecular flexibility index (Phi) is 2.68. The van der Waals surface area contributed by atoms with Crippen molar-refractivity contribution in [1.82, 2.24) is 5.53 Å². The molecule has 1 aliphatic heterocycles. The molecule has 3 rings (SSSR count). The first-order valence-electron chi connectivity index (χ1n) is 5.85. The van der Waals surface area contributed by atoms with Crippen molar-refractivity contribution in [2.24, 2.45) is 0 Å². The van der Waals surface area contributed by atoms with Crippen LogP contribution >= 0.6 is 0 Å². The summed E-state index contributed by atoms with van der Waals surface area (Å²) in [4.78, 5) is 0. The Balaban J connectivity index is 1.75. The normalized spacial score (nSPS) is 15.3. The van der Waals surface area contributed by atoms with Crippen molar-refractivity contribution in [2.45, 2.75) is 0 Å².